The van der Waals surface area contributed by atoms with E-state index in [1.165, 1.54) is 23.1 Å². The van der Waals surface area contributed by atoms with E-state index in [-0.39, 0.29) is 11.6 Å². The van der Waals surface area contributed by atoms with Crippen molar-refractivity contribution < 1.29 is 9.72 Å². The Balaban J connectivity index is 1.20. The number of rotatable bonds is 7. The van der Waals surface area contributed by atoms with E-state index in [0.717, 1.165) is 43.8 Å². The second-order valence-electron chi connectivity index (χ2n) is 7.50. The third-order valence-electron chi connectivity index (χ3n) is 5.56. The summed E-state index contributed by atoms with van der Waals surface area (Å²) in [7, 11) is 0. The van der Waals surface area contributed by atoms with Gasteiger partial charge in [0.25, 0.3) is 5.69 Å². The molecule has 0 bridgehead atoms. The number of fused-ring (bicyclic) bond motifs is 1. The molecule has 1 saturated heterocycles. The molecule has 8 heteroatoms. The predicted octanol–water partition coefficient (Wildman–Crippen LogP) is 2.56. The average molecular weight is 407 g/mol. The van der Waals surface area contributed by atoms with Crippen molar-refractivity contribution in [3.63, 3.8) is 0 Å². The van der Waals surface area contributed by atoms with E-state index in [4.69, 9.17) is 0 Å². The first-order valence-corrected chi connectivity index (χ1v) is 10.1. The van der Waals surface area contributed by atoms with Crippen LogP contribution in [-0.2, 0) is 11.2 Å². The second kappa shape index (κ2) is 8.96. The monoisotopic (exact) mass is 407 g/mol. The maximum Gasteiger partial charge on any atom is 0.269 e. The molecule has 30 heavy (non-hydrogen) atoms. The highest BCUT2D eigenvalue weighted by Gasteiger charge is 2.19. The topological polar surface area (TPSA) is 94.5 Å². The Kier molecular flexibility index (Phi) is 5.94. The molecule has 1 fully saturated rings. The number of aromatic nitrogens is 1. The Morgan fingerprint density at radius 3 is 2.53 bits per heavy atom. The second-order valence-corrected chi connectivity index (χ2v) is 7.50. The molecule has 2 aromatic carbocycles. The van der Waals surface area contributed by atoms with Gasteiger partial charge in [-0.05, 0) is 30.2 Å². The molecule has 0 aliphatic carbocycles. The summed E-state index contributed by atoms with van der Waals surface area (Å²) in [6, 6.07) is 14.8. The number of benzene rings is 2. The molecule has 1 aliphatic rings. The molecular formula is C22H25N5O3. The number of nitro benzene ring substituents is 1. The summed E-state index contributed by atoms with van der Waals surface area (Å²) in [6.45, 7) is 4.16. The van der Waals surface area contributed by atoms with Crippen LogP contribution in [0.3, 0.4) is 0 Å². The van der Waals surface area contributed by atoms with Gasteiger partial charge >= 0.3 is 0 Å². The van der Waals surface area contributed by atoms with E-state index in [0.29, 0.717) is 13.1 Å². The maximum absolute atomic E-state index is 12.3. The summed E-state index contributed by atoms with van der Waals surface area (Å²) in [4.78, 5) is 30.3. The van der Waals surface area contributed by atoms with E-state index in [9.17, 15) is 14.9 Å². The van der Waals surface area contributed by atoms with Gasteiger partial charge in [0.2, 0.25) is 5.91 Å². The fraction of sp³-hybridized carbons (Fsp3) is 0.318. The summed E-state index contributed by atoms with van der Waals surface area (Å²) in [5, 5.41) is 15.0. The molecule has 1 amide bonds. The zero-order valence-electron chi connectivity index (χ0n) is 16.7. The van der Waals surface area contributed by atoms with Crippen LogP contribution < -0.4 is 10.2 Å². The third-order valence-corrected chi connectivity index (χ3v) is 5.56. The van der Waals surface area contributed by atoms with E-state index in [2.05, 4.69) is 26.2 Å². The van der Waals surface area contributed by atoms with Crippen LogP contribution in [0.5, 0.6) is 0 Å². The fourth-order valence-corrected chi connectivity index (χ4v) is 3.88. The largest absolute Gasteiger partial charge is 0.369 e. The van der Waals surface area contributed by atoms with Crippen molar-refractivity contribution in [2.24, 2.45) is 0 Å². The molecule has 3 aromatic rings. The number of nitro groups is 1. The molecule has 0 radical (unpaired) electrons. The first-order valence-electron chi connectivity index (χ1n) is 10.1. The van der Waals surface area contributed by atoms with Crippen molar-refractivity contribution in [2.45, 2.75) is 6.42 Å². The Hall–Kier alpha value is -3.39. The molecule has 8 nitrogen and oxygen atoms in total. The molecule has 1 aliphatic heterocycles. The summed E-state index contributed by atoms with van der Waals surface area (Å²) >= 11 is 0. The summed E-state index contributed by atoms with van der Waals surface area (Å²) in [5.41, 5.74) is 3.40. The molecule has 0 saturated carbocycles. The number of amides is 1. The van der Waals surface area contributed by atoms with Gasteiger partial charge in [-0.1, -0.05) is 18.2 Å². The fourth-order valence-electron chi connectivity index (χ4n) is 3.88. The number of nitrogens with zero attached hydrogens (tertiary/aromatic N) is 3. The lowest BCUT2D eigenvalue weighted by atomic mass is 10.1. The first-order chi connectivity index (χ1) is 14.6. The van der Waals surface area contributed by atoms with Crippen molar-refractivity contribution in [1.82, 2.24) is 15.2 Å². The van der Waals surface area contributed by atoms with Gasteiger partial charge in [0.05, 0.1) is 11.5 Å². The van der Waals surface area contributed by atoms with Crippen LogP contribution in [0.2, 0.25) is 0 Å². The first kappa shape index (κ1) is 19.9. The Morgan fingerprint density at radius 2 is 1.80 bits per heavy atom. The van der Waals surface area contributed by atoms with Gasteiger partial charge in [-0.3, -0.25) is 19.8 Å². The predicted molar refractivity (Wildman–Crippen MR) is 117 cm³/mol. The smallest absolute Gasteiger partial charge is 0.269 e. The molecule has 0 atom stereocenters. The molecule has 0 spiro atoms. The number of aromatic amines is 1. The van der Waals surface area contributed by atoms with Gasteiger partial charge in [0, 0.05) is 67.6 Å². The van der Waals surface area contributed by atoms with Crippen LogP contribution >= 0.6 is 0 Å². The zero-order valence-corrected chi connectivity index (χ0v) is 16.7. The van der Waals surface area contributed by atoms with Gasteiger partial charge in [-0.15, -0.1) is 0 Å². The lowest BCUT2D eigenvalue weighted by Gasteiger charge is -2.35. The highest BCUT2D eigenvalue weighted by atomic mass is 16.6. The van der Waals surface area contributed by atoms with Gasteiger partial charge < -0.3 is 15.2 Å². The highest BCUT2D eigenvalue weighted by molar-refractivity contribution is 5.83. The van der Waals surface area contributed by atoms with Crippen molar-refractivity contribution in [3.8, 4) is 0 Å². The number of H-pyrrole nitrogens is 1. The van der Waals surface area contributed by atoms with E-state index >= 15 is 0 Å². The normalized spacial score (nSPS) is 14.7. The number of hydrogen-bond acceptors (Lipinski definition) is 5. The van der Waals surface area contributed by atoms with Crippen molar-refractivity contribution >= 4 is 28.2 Å². The number of para-hydroxylation sites is 1. The minimum atomic E-state index is -0.390. The van der Waals surface area contributed by atoms with Crippen LogP contribution in [0.15, 0.2) is 54.7 Å². The molecule has 156 valence electrons. The van der Waals surface area contributed by atoms with Crippen LogP contribution in [0.25, 0.3) is 10.9 Å². The van der Waals surface area contributed by atoms with E-state index in [1.807, 2.05) is 24.4 Å². The molecule has 2 heterocycles. The lowest BCUT2D eigenvalue weighted by molar-refractivity contribution is -0.384. The van der Waals surface area contributed by atoms with Crippen LogP contribution in [0.4, 0.5) is 11.4 Å². The summed E-state index contributed by atoms with van der Waals surface area (Å²) in [6.07, 6.45) is 2.80. The lowest BCUT2D eigenvalue weighted by Crippen LogP contribution is -2.49. The van der Waals surface area contributed by atoms with Crippen molar-refractivity contribution in [2.75, 3.05) is 44.2 Å². The molecule has 4 rings (SSSR count). The Labute approximate surface area is 174 Å². The number of non-ortho nitro benzene ring substituents is 1. The number of carbonyl (C=O) groups is 1. The number of piperazine rings is 1. The van der Waals surface area contributed by atoms with Crippen molar-refractivity contribution in [1.29, 1.82) is 0 Å². The standard InChI is InChI=1S/C22H25N5O3/c28-22(23-10-9-17-15-24-21-4-2-1-3-20(17)21)16-25-11-13-26(14-12-25)18-5-7-19(8-6-18)27(29)30/h1-8,15,24H,9-14,16H2,(H,23,28). The van der Waals surface area contributed by atoms with Gasteiger partial charge in [-0.25, -0.2) is 0 Å². The van der Waals surface area contributed by atoms with E-state index in [1.54, 1.807) is 12.1 Å². The average Bonchev–Trinajstić information content (AvgIpc) is 3.17. The van der Waals surface area contributed by atoms with Gasteiger partial charge in [0.1, 0.15) is 0 Å². The molecule has 2 N–H and O–H groups in total. The van der Waals surface area contributed by atoms with E-state index < -0.39 is 4.92 Å². The molecular weight excluding hydrogens is 382 g/mol. The number of nitrogens with one attached hydrogen (secondary N) is 2. The summed E-state index contributed by atoms with van der Waals surface area (Å²) in [5.74, 6) is 0.0404. The maximum atomic E-state index is 12.3. The minimum absolute atomic E-state index is 0.0404. The minimum Gasteiger partial charge on any atom is -0.369 e. The van der Waals surface area contributed by atoms with Gasteiger partial charge in [-0.2, -0.15) is 0 Å². The molecule has 0 unspecified atom stereocenters. The highest BCUT2D eigenvalue weighted by Crippen LogP contribution is 2.21. The Bertz CT molecular complexity index is 1020. The SMILES string of the molecule is O=C(CN1CCN(c2ccc([N+](=O)[O-])cc2)CC1)NCCc1c[nH]c2ccccc12. The summed E-state index contributed by atoms with van der Waals surface area (Å²) < 4.78 is 0. The number of carbonyl (C=O) groups excluding carboxylic acids is 1. The zero-order chi connectivity index (χ0) is 20.9. The quantitative estimate of drug-likeness (QED) is 0.464. The molecule has 1 aromatic heterocycles. The van der Waals surface area contributed by atoms with Crippen LogP contribution in [0, 0.1) is 10.1 Å². The number of anilines is 1. The van der Waals surface area contributed by atoms with Crippen LogP contribution in [0.1, 0.15) is 5.56 Å². The van der Waals surface area contributed by atoms with Crippen LogP contribution in [-0.4, -0.2) is 60.0 Å². The van der Waals surface area contributed by atoms with Gasteiger partial charge in [0.15, 0.2) is 0 Å². The number of hydrogen-bond donors (Lipinski definition) is 2. The Morgan fingerprint density at radius 1 is 1.07 bits per heavy atom. The third kappa shape index (κ3) is 4.60. The van der Waals surface area contributed by atoms with Crippen molar-refractivity contribution in [3.05, 3.63) is 70.4 Å².